The molecule has 0 bridgehead atoms. The fraction of sp³-hybridized carbons (Fsp3) is 0.657. The van der Waals surface area contributed by atoms with Crippen LogP contribution in [0.2, 0.25) is 0 Å². The fourth-order valence-corrected chi connectivity index (χ4v) is 6.33. The smallest absolute Gasteiger partial charge is 0.270 e. The third-order valence-electron chi connectivity index (χ3n) is 9.16. The number of nitrogens with zero attached hydrogens (tertiary/aromatic N) is 7. The van der Waals surface area contributed by atoms with Crippen molar-refractivity contribution < 1.29 is 4.79 Å². The van der Waals surface area contributed by atoms with E-state index in [9.17, 15) is 4.79 Å². The number of piperazine rings is 1. The van der Waals surface area contributed by atoms with Crippen LogP contribution in [0.15, 0.2) is 30.6 Å². The SMILES string of the molecule is C1CC2(C1)CCN2.CC.CCC.CN1CCN(c2ccc(Nc3ncc4cc(C(=O)N(C)C)n(C5CCCC5)c4n3)nc2)CC1. The number of carbonyl (C=O) groups excluding carboxylic acids is 1. The summed E-state index contributed by atoms with van der Waals surface area (Å²) < 4.78 is 2.13. The normalized spacial score (nSPS) is 18.8. The third kappa shape index (κ3) is 8.52. The Balaban J connectivity index is 0.000000323. The predicted molar refractivity (Wildman–Crippen MR) is 187 cm³/mol. The summed E-state index contributed by atoms with van der Waals surface area (Å²) in [5, 5.41) is 7.59. The number of fused-ring (bicyclic) bond motifs is 1. The Hall–Kier alpha value is -3.24. The van der Waals surface area contributed by atoms with Crippen LogP contribution in [0.3, 0.4) is 0 Å². The average molecular weight is 620 g/mol. The number of aromatic nitrogens is 4. The molecule has 45 heavy (non-hydrogen) atoms. The van der Waals surface area contributed by atoms with Gasteiger partial charge >= 0.3 is 0 Å². The van der Waals surface area contributed by atoms with E-state index in [0.717, 1.165) is 55.7 Å². The molecule has 4 aliphatic rings. The van der Waals surface area contributed by atoms with Gasteiger partial charge in [-0.3, -0.25) is 4.79 Å². The molecule has 2 N–H and O–H groups in total. The minimum atomic E-state index is -0.00410. The standard InChI is InChI=1S/C24H32N8O.C6H11N.C3H8.C2H6/c1-29(2)23(33)20-14-17-15-26-24(28-22(17)32(20)18-6-4-5-7-18)27-21-9-8-19(16-25-21)31-12-10-30(3)11-13-31;1-2-6(3-1)4-5-7-6;1-3-2;1-2/h8-9,14-16,18H,4-7,10-13H2,1-3H3,(H,25,26,27,28);7H,1-5H2;3H2,1-2H3;1-2H3. The van der Waals surface area contributed by atoms with E-state index in [0.29, 0.717) is 29.0 Å². The number of nitrogens with one attached hydrogen (secondary N) is 2. The van der Waals surface area contributed by atoms with Crippen molar-refractivity contribution in [3.05, 3.63) is 36.3 Å². The summed E-state index contributed by atoms with van der Waals surface area (Å²) in [7, 11) is 5.73. The second-order valence-electron chi connectivity index (χ2n) is 12.8. The lowest BCUT2D eigenvalue weighted by Crippen LogP contribution is -2.61. The second-order valence-corrected chi connectivity index (χ2v) is 12.8. The highest BCUT2D eigenvalue weighted by molar-refractivity contribution is 5.97. The van der Waals surface area contributed by atoms with E-state index in [-0.39, 0.29) is 5.91 Å². The topological polar surface area (TPSA) is 94.5 Å². The molecule has 3 aromatic rings. The van der Waals surface area contributed by atoms with E-state index in [2.05, 4.69) is 61.9 Å². The Morgan fingerprint density at radius 2 is 1.67 bits per heavy atom. The van der Waals surface area contributed by atoms with Gasteiger partial charge in [0, 0.05) is 63.4 Å². The highest BCUT2D eigenvalue weighted by atomic mass is 16.2. The molecule has 10 heteroatoms. The summed E-state index contributed by atoms with van der Waals surface area (Å²) >= 11 is 0. The van der Waals surface area contributed by atoms with Gasteiger partial charge in [0.25, 0.3) is 5.91 Å². The first-order valence-corrected chi connectivity index (χ1v) is 17.3. The largest absolute Gasteiger partial charge is 0.368 e. The number of amides is 1. The van der Waals surface area contributed by atoms with Gasteiger partial charge in [-0.1, -0.05) is 47.0 Å². The maximum atomic E-state index is 12.9. The summed E-state index contributed by atoms with van der Waals surface area (Å²) in [6.07, 6.45) is 15.3. The third-order valence-corrected chi connectivity index (χ3v) is 9.16. The van der Waals surface area contributed by atoms with E-state index in [1.54, 1.807) is 25.2 Å². The van der Waals surface area contributed by atoms with Crippen LogP contribution in [0, 0.1) is 0 Å². The van der Waals surface area contributed by atoms with Crippen LogP contribution in [-0.4, -0.2) is 94.6 Å². The van der Waals surface area contributed by atoms with Crippen LogP contribution in [0.4, 0.5) is 17.5 Å². The van der Waals surface area contributed by atoms with Crippen molar-refractivity contribution >= 4 is 34.4 Å². The van der Waals surface area contributed by atoms with Crippen molar-refractivity contribution in [2.45, 2.75) is 97.1 Å². The van der Waals surface area contributed by atoms with Crippen molar-refractivity contribution in [3.8, 4) is 0 Å². The van der Waals surface area contributed by atoms with Crippen molar-refractivity contribution in [2.75, 3.05) is 64.1 Å². The molecule has 2 saturated heterocycles. The van der Waals surface area contributed by atoms with E-state index in [1.807, 2.05) is 32.2 Å². The molecule has 5 heterocycles. The Morgan fingerprint density at radius 3 is 2.16 bits per heavy atom. The molecular weight excluding hydrogens is 562 g/mol. The van der Waals surface area contributed by atoms with Gasteiger partial charge in [-0.05, 0) is 70.3 Å². The lowest BCUT2D eigenvalue weighted by Gasteiger charge is -2.50. The van der Waals surface area contributed by atoms with Crippen LogP contribution < -0.4 is 15.5 Å². The Morgan fingerprint density at radius 1 is 1.00 bits per heavy atom. The molecule has 1 spiro atoms. The van der Waals surface area contributed by atoms with Crippen LogP contribution in [0.25, 0.3) is 11.0 Å². The molecule has 10 nitrogen and oxygen atoms in total. The molecular formula is C35H57N9O. The molecule has 3 aromatic heterocycles. The van der Waals surface area contributed by atoms with Crippen molar-refractivity contribution in [1.29, 1.82) is 0 Å². The summed E-state index contributed by atoms with van der Waals surface area (Å²) in [5.74, 6) is 1.19. The molecule has 2 saturated carbocycles. The van der Waals surface area contributed by atoms with Gasteiger partial charge in [0.15, 0.2) is 0 Å². The summed E-state index contributed by atoms with van der Waals surface area (Å²) in [6, 6.07) is 6.28. The molecule has 0 atom stereocenters. The average Bonchev–Trinajstić information content (AvgIpc) is 3.66. The lowest BCUT2D eigenvalue weighted by molar-refractivity contribution is 0.0815. The molecule has 248 valence electrons. The molecule has 1 amide bonds. The Labute approximate surface area is 271 Å². The van der Waals surface area contributed by atoms with E-state index < -0.39 is 0 Å². The number of anilines is 3. The van der Waals surface area contributed by atoms with Crippen molar-refractivity contribution in [2.24, 2.45) is 0 Å². The predicted octanol–water partition coefficient (Wildman–Crippen LogP) is 6.48. The van der Waals surface area contributed by atoms with Gasteiger partial charge in [0.2, 0.25) is 5.95 Å². The zero-order valence-electron chi connectivity index (χ0n) is 28.9. The zero-order chi connectivity index (χ0) is 32.4. The van der Waals surface area contributed by atoms with Gasteiger partial charge in [0.05, 0.1) is 11.9 Å². The Bertz CT molecular complexity index is 1320. The van der Waals surface area contributed by atoms with Crippen LogP contribution >= 0.6 is 0 Å². The number of pyridine rings is 1. The van der Waals surface area contributed by atoms with E-state index >= 15 is 0 Å². The number of rotatable bonds is 5. The zero-order valence-corrected chi connectivity index (χ0v) is 28.9. The maximum absolute atomic E-state index is 12.9. The number of carbonyl (C=O) groups is 1. The number of likely N-dealkylation sites (N-methyl/N-ethyl adjacent to an activating group) is 1. The first kappa shape index (κ1) is 34.6. The van der Waals surface area contributed by atoms with Crippen LogP contribution in [-0.2, 0) is 0 Å². The summed E-state index contributed by atoms with van der Waals surface area (Å²) in [4.78, 5) is 33.1. The van der Waals surface area contributed by atoms with Crippen LogP contribution in [0.5, 0.6) is 0 Å². The van der Waals surface area contributed by atoms with E-state index in [1.165, 1.54) is 51.5 Å². The second kappa shape index (κ2) is 16.4. The first-order valence-electron chi connectivity index (χ1n) is 17.3. The molecule has 7 rings (SSSR count). The molecule has 0 unspecified atom stereocenters. The maximum Gasteiger partial charge on any atom is 0.270 e. The van der Waals surface area contributed by atoms with Gasteiger partial charge < -0.3 is 29.9 Å². The highest BCUT2D eigenvalue weighted by Gasteiger charge is 2.41. The highest BCUT2D eigenvalue weighted by Crippen LogP contribution is 2.39. The molecule has 0 aromatic carbocycles. The van der Waals surface area contributed by atoms with Gasteiger partial charge in [0.1, 0.15) is 17.2 Å². The van der Waals surface area contributed by atoms with Crippen LogP contribution in [0.1, 0.15) is 102 Å². The lowest BCUT2D eigenvalue weighted by atomic mass is 9.70. The van der Waals surface area contributed by atoms with Crippen molar-refractivity contribution in [3.63, 3.8) is 0 Å². The summed E-state index contributed by atoms with van der Waals surface area (Å²) in [5.41, 5.74) is 3.31. The first-order chi connectivity index (χ1) is 21.8. The van der Waals surface area contributed by atoms with Crippen molar-refractivity contribution in [1.82, 2.24) is 34.6 Å². The van der Waals surface area contributed by atoms with Gasteiger partial charge in [-0.25, -0.2) is 9.97 Å². The molecule has 0 radical (unpaired) electrons. The monoisotopic (exact) mass is 619 g/mol. The summed E-state index contributed by atoms with van der Waals surface area (Å²) in [6.45, 7) is 13.7. The number of hydrogen-bond acceptors (Lipinski definition) is 8. The quantitative estimate of drug-likeness (QED) is 0.335. The van der Waals surface area contributed by atoms with Gasteiger partial charge in [-0.15, -0.1) is 0 Å². The fourth-order valence-electron chi connectivity index (χ4n) is 6.33. The molecule has 2 aliphatic carbocycles. The number of hydrogen-bond donors (Lipinski definition) is 2. The minimum absolute atomic E-state index is 0.00410. The molecule has 2 aliphatic heterocycles. The Kier molecular flexibility index (Phi) is 12.6. The van der Waals surface area contributed by atoms with Gasteiger partial charge in [-0.2, -0.15) is 4.98 Å². The molecule has 4 fully saturated rings. The van der Waals surface area contributed by atoms with E-state index in [4.69, 9.17) is 4.98 Å². The minimum Gasteiger partial charge on any atom is -0.368 e.